The van der Waals surface area contributed by atoms with Crippen molar-refractivity contribution in [2.75, 3.05) is 19.0 Å². The molecule has 1 heterocycles. The Morgan fingerprint density at radius 3 is 2.71 bits per heavy atom. The molecule has 0 radical (unpaired) electrons. The Balaban J connectivity index is 2.23. The smallest absolute Gasteiger partial charge is 0.333 e. The molecule has 110 valence electrons. The van der Waals surface area contributed by atoms with Gasteiger partial charge in [-0.15, -0.1) is 0 Å². The van der Waals surface area contributed by atoms with Crippen LogP contribution in [-0.4, -0.2) is 29.7 Å². The van der Waals surface area contributed by atoms with Gasteiger partial charge in [0.2, 0.25) is 11.8 Å². The number of esters is 1. The van der Waals surface area contributed by atoms with E-state index in [0.717, 1.165) is 5.56 Å². The minimum Gasteiger partial charge on any atom is -0.478 e. The molecule has 1 aromatic carbocycles. The van der Waals surface area contributed by atoms with Crippen LogP contribution in [0.2, 0.25) is 0 Å². The first-order chi connectivity index (χ1) is 10.2. The summed E-state index contributed by atoms with van der Waals surface area (Å²) in [6, 6.07) is 10.2. The lowest BCUT2D eigenvalue weighted by molar-refractivity contribution is -0.141. The molecule has 6 heteroatoms. The van der Waals surface area contributed by atoms with E-state index in [9.17, 15) is 4.79 Å². The summed E-state index contributed by atoms with van der Waals surface area (Å²) in [6.07, 6.45) is 1.57. The average molecular weight is 287 g/mol. The number of benzene rings is 1. The molecule has 2 rings (SSSR count). The molecule has 0 aliphatic carbocycles. The van der Waals surface area contributed by atoms with Crippen LogP contribution in [0, 0.1) is 0 Å². The molecule has 0 bridgehead atoms. The number of hydrogen-bond acceptors (Lipinski definition) is 6. The van der Waals surface area contributed by atoms with Gasteiger partial charge in [-0.25, -0.2) is 9.78 Å². The number of carbonyl (C=O) groups excluding carboxylic acids is 1. The van der Waals surface area contributed by atoms with E-state index in [-0.39, 0.29) is 0 Å². The maximum atomic E-state index is 12.0. The zero-order valence-electron chi connectivity index (χ0n) is 11.9. The van der Waals surface area contributed by atoms with Gasteiger partial charge in [-0.1, -0.05) is 30.3 Å². The van der Waals surface area contributed by atoms with Crippen molar-refractivity contribution in [2.45, 2.75) is 13.0 Å². The van der Waals surface area contributed by atoms with Crippen LogP contribution in [-0.2, 0) is 9.53 Å². The SMILES string of the molecule is CCOc1ccnc(NC(C(=O)OC)c2ccccc2)n1. The van der Waals surface area contributed by atoms with Crippen LogP contribution in [0.4, 0.5) is 5.95 Å². The van der Waals surface area contributed by atoms with Gasteiger partial charge in [-0.3, -0.25) is 0 Å². The summed E-state index contributed by atoms with van der Waals surface area (Å²) in [6.45, 7) is 2.38. The summed E-state index contributed by atoms with van der Waals surface area (Å²) in [5.41, 5.74) is 0.773. The fourth-order valence-electron chi connectivity index (χ4n) is 1.81. The van der Waals surface area contributed by atoms with E-state index < -0.39 is 12.0 Å². The molecular weight excluding hydrogens is 270 g/mol. The second-order valence-corrected chi connectivity index (χ2v) is 4.16. The fraction of sp³-hybridized carbons (Fsp3) is 0.267. The quantitative estimate of drug-likeness (QED) is 0.821. The van der Waals surface area contributed by atoms with Crippen molar-refractivity contribution in [3.05, 3.63) is 48.2 Å². The summed E-state index contributed by atoms with van der Waals surface area (Å²) < 4.78 is 10.1. The first-order valence-electron chi connectivity index (χ1n) is 6.59. The lowest BCUT2D eigenvalue weighted by Crippen LogP contribution is -2.23. The molecular formula is C15H17N3O3. The Kier molecular flexibility index (Phi) is 5.09. The molecule has 0 saturated carbocycles. The summed E-state index contributed by atoms with van der Waals surface area (Å²) >= 11 is 0. The van der Waals surface area contributed by atoms with Crippen molar-refractivity contribution in [1.82, 2.24) is 9.97 Å². The summed E-state index contributed by atoms with van der Waals surface area (Å²) in [5, 5.41) is 2.97. The number of rotatable bonds is 6. The minimum atomic E-state index is -0.673. The van der Waals surface area contributed by atoms with Crippen molar-refractivity contribution in [3.63, 3.8) is 0 Å². The van der Waals surface area contributed by atoms with Gasteiger partial charge in [0.1, 0.15) is 0 Å². The van der Waals surface area contributed by atoms with Gasteiger partial charge in [0.15, 0.2) is 6.04 Å². The third-order valence-electron chi connectivity index (χ3n) is 2.77. The van der Waals surface area contributed by atoms with Crippen molar-refractivity contribution in [2.24, 2.45) is 0 Å². The Hall–Kier alpha value is -2.63. The first-order valence-corrected chi connectivity index (χ1v) is 6.59. The Morgan fingerprint density at radius 1 is 1.29 bits per heavy atom. The number of nitrogens with one attached hydrogen (secondary N) is 1. The third kappa shape index (κ3) is 3.92. The maximum Gasteiger partial charge on any atom is 0.333 e. The van der Waals surface area contributed by atoms with Crippen molar-refractivity contribution < 1.29 is 14.3 Å². The van der Waals surface area contributed by atoms with E-state index in [1.165, 1.54) is 7.11 Å². The van der Waals surface area contributed by atoms with Gasteiger partial charge in [-0.05, 0) is 12.5 Å². The number of anilines is 1. The zero-order chi connectivity index (χ0) is 15.1. The largest absolute Gasteiger partial charge is 0.478 e. The number of aromatic nitrogens is 2. The normalized spacial score (nSPS) is 11.5. The molecule has 1 N–H and O–H groups in total. The molecule has 0 aliphatic heterocycles. The van der Waals surface area contributed by atoms with Gasteiger partial charge in [-0.2, -0.15) is 4.98 Å². The number of hydrogen-bond donors (Lipinski definition) is 1. The molecule has 0 fully saturated rings. The van der Waals surface area contributed by atoms with E-state index in [1.54, 1.807) is 12.3 Å². The minimum absolute atomic E-state index is 0.306. The monoisotopic (exact) mass is 287 g/mol. The second-order valence-electron chi connectivity index (χ2n) is 4.16. The van der Waals surface area contributed by atoms with E-state index in [2.05, 4.69) is 15.3 Å². The van der Waals surface area contributed by atoms with Gasteiger partial charge < -0.3 is 14.8 Å². The van der Waals surface area contributed by atoms with Crippen LogP contribution in [0.5, 0.6) is 5.88 Å². The van der Waals surface area contributed by atoms with E-state index >= 15 is 0 Å². The van der Waals surface area contributed by atoms with Crippen molar-refractivity contribution in [3.8, 4) is 5.88 Å². The van der Waals surface area contributed by atoms with Gasteiger partial charge in [0, 0.05) is 12.3 Å². The van der Waals surface area contributed by atoms with E-state index in [1.807, 2.05) is 37.3 Å². The molecule has 0 amide bonds. The molecule has 0 spiro atoms. The van der Waals surface area contributed by atoms with Crippen LogP contribution >= 0.6 is 0 Å². The summed E-state index contributed by atoms with van der Waals surface area (Å²) in [5.74, 6) is 0.346. The maximum absolute atomic E-state index is 12.0. The Morgan fingerprint density at radius 2 is 2.05 bits per heavy atom. The predicted octanol–water partition coefficient (Wildman–Crippen LogP) is 2.20. The van der Waals surface area contributed by atoms with Crippen LogP contribution < -0.4 is 10.1 Å². The van der Waals surface area contributed by atoms with Gasteiger partial charge >= 0.3 is 5.97 Å². The highest BCUT2D eigenvalue weighted by Crippen LogP contribution is 2.19. The topological polar surface area (TPSA) is 73.3 Å². The van der Waals surface area contributed by atoms with Gasteiger partial charge in [0.25, 0.3) is 0 Å². The predicted molar refractivity (Wildman–Crippen MR) is 78.0 cm³/mol. The second kappa shape index (κ2) is 7.23. The Bertz CT molecular complexity index is 590. The standard InChI is InChI=1S/C15H17N3O3/c1-3-21-12-9-10-16-15(17-12)18-13(14(19)20-2)11-7-5-4-6-8-11/h4-10,13H,3H2,1-2H3,(H,16,17,18). The Labute approximate surface area is 123 Å². The van der Waals surface area contributed by atoms with E-state index in [4.69, 9.17) is 9.47 Å². The average Bonchev–Trinajstić information content (AvgIpc) is 2.53. The summed E-state index contributed by atoms with van der Waals surface area (Å²) in [4.78, 5) is 20.2. The molecule has 21 heavy (non-hydrogen) atoms. The lowest BCUT2D eigenvalue weighted by atomic mass is 10.1. The molecule has 1 unspecified atom stereocenters. The zero-order valence-corrected chi connectivity index (χ0v) is 11.9. The van der Waals surface area contributed by atoms with Crippen LogP contribution in [0.3, 0.4) is 0 Å². The number of carbonyl (C=O) groups is 1. The molecule has 6 nitrogen and oxygen atoms in total. The number of ether oxygens (including phenoxy) is 2. The number of nitrogens with zero attached hydrogens (tertiary/aromatic N) is 2. The summed E-state index contributed by atoms with van der Waals surface area (Å²) in [7, 11) is 1.34. The van der Waals surface area contributed by atoms with Crippen molar-refractivity contribution >= 4 is 11.9 Å². The van der Waals surface area contributed by atoms with Gasteiger partial charge in [0.05, 0.1) is 13.7 Å². The molecule has 2 aromatic rings. The number of methoxy groups -OCH3 is 1. The molecule has 0 aliphatic rings. The molecule has 0 saturated heterocycles. The van der Waals surface area contributed by atoms with E-state index in [0.29, 0.717) is 18.4 Å². The molecule has 1 aromatic heterocycles. The highest BCUT2D eigenvalue weighted by molar-refractivity contribution is 5.80. The third-order valence-corrected chi connectivity index (χ3v) is 2.77. The lowest BCUT2D eigenvalue weighted by Gasteiger charge is -2.17. The highest BCUT2D eigenvalue weighted by atomic mass is 16.5. The first kappa shape index (κ1) is 14.8. The van der Waals surface area contributed by atoms with Crippen LogP contribution in [0.25, 0.3) is 0 Å². The van der Waals surface area contributed by atoms with Crippen molar-refractivity contribution in [1.29, 1.82) is 0 Å². The highest BCUT2D eigenvalue weighted by Gasteiger charge is 2.22. The molecule has 1 atom stereocenters. The van der Waals surface area contributed by atoms with Crippen LogP contribution in [0.1, 0.15) is 18.5 Å². The van der Waals surface area contributed by atoms with Crippen LogP contribution in [0.15, 0.2) is 42.6 Å². The fourth-order valence-corrected chi connectivity index (χ4v) is 1.81.